The predicted molar refractivity (Wildman–Crippen MR) is 98.5 cm³/mol. The van der Waals surface area contributed by atoms with Crippen molar-refractivity contribution in [3.63, 3.8) is 0 Å². The Balaban J connectivity index is 1.40. The first-order valence-corrected chi connectivity index (χ1v) is 8.60. The van der Waals surface area contributed by atoms with Gasteiger partial charge in [0.25, 0.3) is 5.91 Å². The minimum Gasteiger partial charge on any atom is -0.350 e. The van der Waals surface area contributed by atoms with E-state index in [0.29, 0.717) is 24.6 Å². The van der Waals surface area contributed by atoms with Crippen molar-refractivity contribution in [2.24, 2.45) is 0 Å². The molecule has 2 aromatic heterocycles. The van der Waals surface area contributed by atoms with Gasteiger partial charge in [0, 0.05) is 44.4 Å². The van der Waals surface area contributed by atoms with E-state index in [4.69, 9.17) is 0 Å². The molecule has 0 saturated carbocycles. The van der Waals surface area contributed by atoms with Crippen molar-refractivity contribution < 1.29 is 4.79 Å². The van der Waals surface area contributed by atoms with Crippen molar-refractivity contribution in [1.82, 2.24) is 19.9 Å². The lowest BCUT2D eigenvalue weighted by Gasteiger charge is -2.28. The molecule has 0 aliphatic carbocycles. The van der Waals surface area contributed by atoms with Gasteiger partial charge in [-0.2, -0.15) is 0 Å². The topological polar surface area (TPSA) is 71.0 Å². The number of amides is 1. The lowest BCUT2D eigenvalue weighted by atomic mass is 9.99. The molecule has 1 aliphatic rings. The van der Waals surface area contributed by atoms with Gasteiger partial charge in [0.1, 0.15) is 0 Å². The number of anilines is 1. The van der Waals surface area contributed by atoms with Crippen molar-refractivity contribution in [2.75, 3.05) is 11.9 Å². The molecule has 4 rings (SSSR count). The maximum Gasteiger partial charge on any atom is 0.257 e. The lowest BCUT2D eigenvalue weighted by Crippen LogP contribution is -2.36. The molecule has 1 aliphatic heterocycles. The highest BCUT2D eigenvalue weighted by Crippen LogP contribution is 2.20. The number of nitrogens with one attached hydrogen (secondary N) is 1. The maximum atomic E-state index is 12.7. The molecule has 1 aromatic carbocycles. The van der Waals surface area contributed by atoms with E-state index in [9.17, 15) is 4.79 Å². The first kappa shape index (κ1) is 16.2. The van der Waals surface area contributed by atoms with Crippen molar-refractivity contribution in [1.29, 1.82) is 0 Å². The van der Waals surface area contributed by atoms with Crippen LogP contribution in [0.15, 0.2) is 61.2 Å². The average molecular weight is 345 g/mol. The molecule has 0 radical (unpaired) electrons. The molecule has 26 heavy (non-hydrogen) atoms. The van der Waals surface area contributed by atoms with Gasteiger partial charge < -0.3 is 10.2 Å². The summed E-state index contributed by atoms with van der Waals surface area (Å²) >= 11 is 0. The van der Waals surface area contributed by atoms with E-state index in [0.717, 1.165) is 18.5 Å². The average Bonchev–Trinajstić information content (AvgIpc) is 2.72. The highest BCUT2D eigenvalue weighted by molar-refractivity contribution is 5.93. The van der Waals surface area contributed by atoms with Crippen LogP contribution in [-0.4, -0.2) is 32.3 Å². The van der Waals surface area contributed by atoms with Crippen LogP contribution in [0, 0.1) is 0 Å². The minimum atomic E-state index is -0.0293. The molecule has 0 fully saturated rings. The molecular formula is C20H19N5O. The Morgan fingerprint density at radius 1 is 1.04 bits per heavy atom. The maximum absolute atomic E-state index is 12.7. The monoisotopic (exact) mass is 345 g/mol. The molecule has 0 atom stereocenters. The summed E-state index contributed by atoms with van der Waals surface area (Å²) in [5.41, 5.74) is 4.09. The standard InChI is InChI=1S/C20H19N5O/c26-19(25-9-7-16-5-1-2-6-17(16)14-25)18-12-23-20(24-13-18)22-11-15-4-3-8-21-10-15/h1-6,8,10,12-13H,7,9,11,14H2,(H,22,23,24). The van der Waals surface area contributed by atoms with E-state index < -0.39 is 0 Å². The number of nitrogens with zero attached hydrogens (tertiary/aromatic N) is 4. The summed E-state index contributed by atoms with van der Waals surface area (Å²) < 4.78 is 0. The summed E-state index contributed by atoms with van der Waals surface area (Å²) in [6.07, 6.45) is 7.58. The van der Waals surface area contributed by atoms with Gasteiger partial charge in [0.15, 0.2) is 0 Å². The number of fused-ring (bicyclic) bond motifs is 1. The molecule has 0 spiro atoms. The summed E-state index contributed by atoms with van der Waals surface area (Å²) in [7, 11) is 0. The van der Waals surface area contributed by atoms with E-state index in [1.54, 1.807) is 24.8 Å². The van der Waals surface area contributed by atoms with Gasteiger partial charge in [0.05, 0.1) is 5.56 Å². The van der Waals surface area contributed by atoms with E-state index >= 15 is 0 Å². The highest BCUT2D eigenvalue weighted by atomic mass is 16.2. The van der Waals surface area contributed by atoms with Gasteiger partial charge in [-0.1, -0.05) is 30.3 Å². The molecule has 1 N–H and O–H groups in total. The molecule has 3 heterocycles. The Kier molecular flexibility index (Phi) is 4.55. The second-order valence-electron chi connectivity index (χ2n) is 6.26. The molecule has 6 heteroatoms. The van der Waals surface area contributed by atoms with Gasteiger partial charge >= 0.3 is 0 Å². The Morgan fingerprint density at radius 3 is 2.62 bits per heavy atom. The number of aromatic nitrogens is 3. The number of rotatable bonds is 4. The van der Waals surface area contributed by atoms with Gasteiger partial charge in [-0.05, 0) is 29.2 Å². The number of hydrogen-bond acceptors (Lipinski definition) is 5. The molecule has 130 valence electrons. The van der Waals surface area contributed by atoms with E-state index in [2.05, 4.69) is 32.4 Å². The third kappa shape index (κ3) is 3.54. The number of carbonyl (C=O) groups excluding carboxylic acids is 1. The zero-order valence-electron chi connectivity index (χ0n) is 14.3. The fraction of sp³-hybridized carbons (Fsp3) is 0.200. The van der Waals surface area contributed by atoms with E-state index in [1.165, 1.54) is 11.1 Å². The zero-order chi connectivity index (χ0) is 17.8. The summed E-state index contributed by atoms with van der Waals surface area (Å²) in [5, 5.41) is 3.13. The second-order valence-corrected chi connectivity index (χ2v) is 6.26. The first-order chi connectivity index (χ1) is 12.8. The molecule has 0 bridgehead atoms. The largest absolute Gasteiger partial charge is 0.350 e. The summed E-state index contributed by atoms with van der Waals surface area (Å²) in [6.45, 7) is 1.94. The second kappa shape index (κ2) is 7.31. The number of hydrogen-bond donors (Lipinski definition) is 1. The third-order valence-corrected chi connectivity index (χ3v) is 4.49. The highest BCUT2D eigenvalue weighted by Gasteiger charge is 2.21. The molecule has 6 nitrogen and oxygen atoms in total. The predicted octanol–water partition coefficient (Wildman–Crippen LogP) is 2.68. The molecule has 3 aromatic rings. The van der Waals surface area contributed by atoms with Crippen LogP contribution in [0.25, 0.3) is 0 Å². The Bertz CT molecular complexity index is 896. The van der Waals surface area contributed by atoms with Gasteiger partial charge in [-0.15, -0.1) is 0 Å². The van der Waals surface area contributed by atoms with Crippen LogP contribution in [0.3, 0.4) is 0 Å². The van der Waals surface area contributed by atoms with Crippen molar-refractivity contribution in [3.8, 4) is 0 Å². The number of benzene rings is 1. The smallest absolute Gasteiger partial charge is 0.257 e. The Morgan fingerprint density at radius 2 is 1.85 bits per heavy atom. The third-order valence-electron chi connectivity index (χ3n) is 4.49. The van der Waals surface area contributed by atoms with Gasteiger partial charge in [-0.25, -0.2) is 9.97 Å². The van der Waals surface area contributed by atoms with Crippen molar-refractivity contribution >= 4 is 11.9 Å². The van der Waals surface area contributed by atoms with Gasteiger partial charge in [0.2, 0.25) is 5.95 Å². The van der Waals surface area contributed by atoms with Crippen LogP contribution >= 0.6 is 0 Å². The summed E-state index contributed by atoms with van der Waals surface area (Å²) in [6, 6.07) is 12.1. The fourth-order valence-electron chi connectivity index (χ4n) is 3.07. The fourth-order valence-corrected chi connectivity index (χ4v) is 3.07. The molecular weight excluding hydrogens is 326 g/mol. The number of carbonyl (C=O) groups is 1. The van der Waals surface area contributed by atoms with Crippen LogP contribution in [0.2, 0.25) is 0 Å². The molecule has 1 amide bonds. The Hall–Kier alpha value is -3.28. The van der Waals surface area contributed by atoms with Gasteiger partial charge in [-0.3, -0.25) is 9.78 Å². The summed E-state index contributed by atoms with van der Waals surface area (Å²) in [5.74, 6) is 0.465. The lowest BCUT2D eigenvalue weighted by molar-refractivity contribution is 0.0734. The van der Waals surface area contributed by atoms with Crippen molar-refractivity contribution in [2.45, 2.75) is 19.5 Å². The van der Waals surface area contributed by atoms with Crippen LogP contribution in [-0.2, 0) is 19.5 Å². The van der Waals surface area contributed by atoms with Crippen molar-refractivity contribution in [3.05, 3.63) is 83.4 Å². The normalized spacial score (nSPS) is 13.2. The Labute approximate surface area is 151 Å². The van der Waals surface area contributed by atoms with Crippen LogP contribution in [0.5, 0.6) is 0 Å². The first-order valence-electron chi connectivity index (χ1n) is 8.60. The van der Waals surface area contributed by atoms with Crippen LogP contribution < -0.4 is 5.32 Å². The van der Waals surface area contributed by atoms with Crippen LogP contribution in [0.1, 0.15) is 27.0 Å². The minimum absolute atomic E-state index is 0.0293. The number of pyridine rings is 1. The zero-order valence-corrected chi connectivity index (χ0v) is 14.3. The van der Waals surface area contributed by atoms with E-state index in [-0.39, 0.29) is 5.91 Å². The molecule has 0 unspecified atom stereocenters. The summed E-state index contributed by atoms with van der Waals surface area (Å²) in [4.78, 5) is 27.2. The van der Waals surface area contributed by atoms with Crippen LogP contribution in [0.4, 0.5) is 5.95 Å². The van der Waals surface area contributed by atoms with E-state index in [1.807, 2.05) is 29.2 Å². The SMILES string of the molecule is O=C(c1cnc(NCc2cccnc2)nc1)N1CCc2ccccc2C1. The quantitative estimate of drug-likeness (QED) is 0.787. The molecule has 0 saturated heterocycles.